The van der Waals surface area contributed by atoms with Gasteiger partial charge in [0, 0.05) is 40.8 Å². The van der Waals surface area contributed by atoms with Gasteiger partial charge in [-0.15, -0.1) is 0 Å². The maximum absolute atomic E-state index is 12.3. The zero-order valence-electron chi connectivity index (χ0n) is 17.9. The first-order chi connectivity index (χ1) is 14.7. The lowest BCUT2D eigenvalue weighted by atomic mass is 10.00. The predicted molar refractivity (Wildman–Crippen MR) is 118 cm³/mol. The summed E-state index contributed by atoms with van der Waals surface area (Å²) in [5.74, 6) is -1.08. The van der Waals surface area contributed by atoms with Gasteiger partial charge in [-0.3, -0.25) is 4.98 Å². The number of benzene rings is 1. The number of pyridine rings is 1. The molecule has 31 heavy (non-hydrogen) atoms. The van der Waals surface area contributed by atoms with Crippen molar-refractivity contribution in [1.29, 1.82) is 0 Å². The number of ether oxygens (including phenoxy) is 1. The number of rotatable bonds is 5. The number of aliphatic carboxylic acids is 1. The summed E-state index contributed by atoms with van der Waals surface area (Å²) in [5, 5.41) is 14.8. The lowest BCUT2D eigenvalue weighted by Crippen LogP contribution is -2.29. The normalized spacial score (nSPS) is 12.8. The van der Waals surface area contributed by atoms with Crippen LogP contribution in [0, 0.1) is 6.92 Å². The zero-order valence-corrected chi connectivity index (χ0v) is 17.9. The fourth-order valence-corrected chi connectivity index (χ4v) is 3.56. The van der Waals surface area contributed by atoms with E-state index in [-0.39, 0.29) is 0 Å². The maximum Gasteiger partial charge on any atom is 0.337 e. The maximum atomic E-state index is 12.3. The average Bonchev–Trinajstić information content (AvgIpc) is 3.15. The van der Waals surface area contributed by atoms with Gasteiger partial charge < -0.3 is 9.84 Å². The molecule has 0 aliphatic carbocycles. The van der Waals surface area contributed by atoms with Crippen LogP contribution in [0.25, 0.3) is 28.2 Å². The summed E-state index contributed by atoms with van der Waals surface area (Å²) in [6.07, 6.45) is 2.15. The Morgan fingerprint density at radius 3 is 2.42 bits per heavy atom. The Morgan fingerprint density at radius 1 is 1.10 bits per heavy atom. The highest BCUT2D eigenvalue weighted by atomic mass is 16.5. The number of carboxylic acids is 1. The molecule has 4 rings (SSSR count). The van der Waals surface area contributed by atoms with Gasteiger partial charge in [0.15, 0.2) is 11.8 Å². The monoisotopic (exact) mass is 416 g/mol. The summed E-state index contributed by atoms with van der Waals surface area (Å²) < 4.78 is 7.65. The van der Waals surface area contributed by atoms with Crippen molar-refractivity contribution in [3.8, 4) is 22.5 Å². The van der Waals surface area contributed by atoms with Crippen LogP contribution in [-0.4, -0.2) is 36.3 Å². The summed E-state index contributed by atoms with van der Waals surface area (Å²) in [6.45, 7) is 7.28. The van der Waals surface area contributed by atoms with E-state index in [9.17, 15) is 9.90 Å². The van der Waals surface area contributed by atoms with E-state index in [1.54, 1.807) is 23.8 Å². The van der Waals surface area contributed by atoms with Gasteiger partial charge in [-0.2, -0.15) is 5.10 Å². The minimum atomic E-state index is -1.21. The minimum absolute atomic E-state index is 0.464. The standard InChI is InChI=1S/C24H24N4O3/c1-15-20(22(23(29)30)31-24(2,3)4)21(17-11-8-12-25-14-17)28-19(26-15)13-18(27-28)16-9-6-5-7-10-16/h5-14,22H,1-4H3,(H,29,30). The number of carboxylic acid groups (broad SMARTS) is 1. The van der Waals surface area contributed by atoms with E-state index in [0.717, 1.165) is 16.8 Å². The van der Waals surface area contributed by atoms with Crippen molar-refractivity contribution < 1.29 is 14.6 Å². The Bertz CT molecular complexity index is 1230. The van der Waals surface area contributed by atoms with Crippen molar-refractivity contribution in [2.24, 2.45) is 0 Å². The van der Waals surface area contributed by atoms with Gasteiger partial charge in [0.25, 0.3) is 0 Å². The van der Waals surface area contributed by atoms with E-state index in [2.05, 4.69) is 9.97 Å². The van der Waals surface area contributed by atoms with Crippen LogP contribution in [0.4, 0.5) is 0 Å². The summed E-state index contributed by atoms with van der Waals surface area (Å²) in [4.78, 5) is 21.2. The number of aryl methyl sites for hydroxylation is 1. The van der Waals surface area contributed by atoms with Gasteiger partial charge in [0.1, 0.15) is 0 Å². The Balaban J connectivity index is 2.03. The average molecular weight is 416 g/mol. The van der Waals surface area contributed by atoms with Crippen LogP contribution < -0.4 is 0 Å². The molecule has 0 amide bonds. The van der Waals surface area contributed by atoms with Crippen LogP contribution >= 0.6 is 0 Å². The second-order valence-electron chi connectivity index (χ2n) is 8.32. The molecule has 3 heterocycles. The van der Waals surface area contributed by atoms with Crippen molar-refractivity contribution >= 4 is 11.6 Å². The van der Waals surface area contributed by atoms with Crippen LogP contribution in [0.1, 0.15) is 38.1 Å². The summed E-state index contributed by atoms with van der Waals surface area (Å²) in [7, 11) is 0. The smallest absolute Gasteiger partial charge is 0.337 e. The number of aromatic nitrogens is 4. The van der Waals surface area contributed by atoms with Gasteiger partial charge in [0.2, 0.25) is 0 Å². The molecule has 1 unspecified atom stereocenters. The van der Waals surface area contributed by atoms with E-state index >= 15 is 0 Å². The third-order valence-electron chi connectivity index (χ3n) is 4.79. The minimum Gasteiger partial charge on any atom is -0.479 e. The van der Waals surface area contributed by atoms with Crippen molar-refractivity contribution in [3.05, 3.63) is 72.2 Å². The van der Waals surface area contributed by atoms with Gasteiger partial charge in [-0.05, 0) is 39.8 Å². The SMILES string of the molecule is Cc1nc2cc(-c3ccccc3)nn2c(-c2cccnc2)c1C(OC(C)(C)C)C(=O)O. The largest absolute Gasteiger partial charge is 0.479 e. The summed E-state index contributed by atoms with van der Waals surface area (Å²) >= 11 is 0. The molecule has 0 aliphatic heterocycles. The molecule has 7 nitrogen and oxygen atoms in total. The van der Waals surface area contributed by atoms with E-state index in [4.69, 9.17) is 9.84 Å². The molecule has 0 bridgehead atoms. The number of carbonyl (C=O) groups is 1. The predicted octanol–water partition coefficient (Wildman–Crippen LogP) is 4.71. The molecule has 0 radical (unpaired) electrons. The molecule has 0 saturated carbocycles. The molecular weight excluding hydrogens is 392 g/mol. The fraction of sp³-hybridized carbons (Fsp3) is 0.250. The third kappa shape index (κ3) is 4.18. The Kier molecular flexibility index (Phi) is 5.29. The number of fused-ring (bicyclic) bond motifs is 1. The van der Waals surface area contributed by atoms with Gasteiger partial charge >= 0.3 is 5.97 Å². The number of hydrogen-bond donors (Lipinski definition) is 1. The van der Waals surface area contributed by atoms with Gasteiger partial charge in [-0.1, -0.05) is 30.3 Å². The second-order valence-corrected chi connectivity index (χ2v) is 8.32. The Morgan fingerprint density at radius 2 is 1.81 bits per heavy atom. The number of nitrogens with zero attached hydrogens (tertiary/aromatic N) is 4. The van der Waals surface area contributed by atoms with E-state index in [1.165, 1.54) is 0 Å². The summed E-state index contributed by atoms with van der Waals surface area (Å²) in [5.41, 5.74) is 4.03. The molecule has 3 aromatic heterocycles. The highest BCUT2D eigenvalue weighted by Gasteiger charge is 2.33. The van der Waals surface area contributed by atoms with E-state index in [1.807, 2.05) is 69.3 Å². The molecule has 7 heteroatoms. The zero-order chi connectivity index (χ0) is 22.2. The third-order valence-corrected chi connectivity index (χ3v) is 4.79. The summed E-state index contributed by atoms with van der Waals surface area (Å²) in [6, 6.07) is 15.4. The Hall–Kier alpha value is -3.58. The lowest BCUT2D eigenvalue weighted by Gasteiger charge is -2.27. The van der Waals surface area contributed by atoms with Crippen molar-refractivity contribution in [3.63, 3.8) is 0 Å². The van der Waals surface area contributed by atoms with E-state index in [0.29, 0.717) is 22.6 Å². The van der Waals surface area contributed by atoms with Gasteiger partial charge in [0.05, 0.1) is 17.0 Å². The van der Waals surface area contributed by atoms with Crippen LogP contribution in [0.15, 0.2) is 60.9 Å². The molecule has 4 aromatic rings. The molecule has 1 aromatic carbocycles. The van der Waals surface area contributed by atoms with Crippen LogP contribution in [0.3, 0.4) is 0 Å². The van der Waals surface area contributed by atoms with Crippen LogP contribution in [-0.2, 0) is 9.53 Å². The first-order valence-corrected chi connectivity index (χ1v) is 10.0. The molecule has 1 atom stereocenters. The fourth-order valence-electron chi connectivity index (χ4n) is 3.56. The van der Waals surface area contributed by atoms with Crippen molar-refractivity contribution in [2.75, 3.05) is 0 Å². The molecule has 0 spiro atoms. The second kappa shape index (κ2) is 7.92. The topological polar surface area (TPSA) is 89.6 Å². The molecule has 0 saturated heterocycles. The van der Waals surface area contributed by atoms with Crippen molar-refractivity contribution in [2.45, 2.75) is 39.4 Å². The van der Waals surface area contributed by atoms with Crippen molar-refractivity contribution in [1.82, 2.24) is 19.6 Å². The molecular formula is C24H24N4O3. The first-order valence-electron chi connectivity index (χ1n) is 10.0. The molecule has 0 aliphatic rings. The number of hydrogen-bond acceptors (Lipinski definition) is 5. The first kappa shape index (κ1) is 20.7. The van der Waals surface area contributed by atoms with Gasteiger partial charge in [-0.25, -0.2) is 14.3 Å². The lowest BCUT2D eigenvalue weighted by molar-refractivity contribution is -0.160. The van der Waals surface area contributed by atoms with Crippen LogP contribution in [0.5, 0.6) is 0 Å². The molecule has 158 valence electrons. The molecule has 1 N–H and O–H groups in total. The van der Waals surface area contributed by atoms with E-state index < -0.39 is 17.7 Å². The highest BCUT2D eigenvalue weighted by molar-refractivity contribution is 5.80. The quantitative estimate of drug-likeness (QED) is 0.507. The highest BCUT2D eigenvalue weighted by Crippen LogP contribution is 2.35. The Labute approximate surface area is 180 Å². The van der Waals surface area contributed by atoms with Crippen LogP contribution in [0.2, 0.25) is 0 Å². The molecule has 0 fully saturated rings.